The van der Waals surface area contributed by atoms with Crippen molar-refractivity contribution in [2.24, 2.45) is 5.73 Å². The second-order valence-electron chi connectivity index (χ2n) is 2.55. The van der Waals surface area contributed by atoms with Gasteiger partial charge in [-0.1, -0.05) is 11.6 Å². The lowest BCUT2D eigenvalue weighted by atomic mass is 10.2. The molecule has 0 aromatic heterocycles. The van der Waals surface area contributed by atoms with Crippen LogP contribution in [-0.2, 0) is 0 Å². The van der Waals surface area contributed by atoms with E-state index in [4.69, 9.17) is 17.3 Å². The fourth-order valence-corrected chi connectivity index (χ4v) is 1.07. The number of amides is 1. The fraction of sp³-hybridized carbons (Fsp3) is 0.125. The first-order valence-corrected chi connectivity index (χ1v) is 4.02. The minimum absolute atomic E-state index is 0.0132. The lowest BCUT2D eigenvalue weighted by Gasteiger charge is -2.11. The zero-order valence-corrected chi connectivity index (χ0v) is 7.89. The molecule has 0 radical (unpaired) electrons. The van der Waals surface area contributed by atoms with Crippen molar-refractivity contribution in [2.75, 3.05) is 0 Å². The maximum absolute atomic E-state index is 11.9. The van der Waals surface area contributed by atoms with Crippen molar-refractivity contribution in [3.05, 3.63) is 28.8 Å². The molecule has 1 aromatic rings. The second-order valence-corrected chi connectivity index (χ2v) is 2.99. The van der Waals surface area contributed by atoms with Crippen molar-refractivity contribution in [3.63, 3.8) is 0 Å². The van der Waals surface area contributed by atoms with E-state index in [-0.39, 0.29) is 10.6 Å². The van der Waals surface area contributed by atoms with Gasteiger partial charge >= 0.3 is 6.36 Å². The monoisotopic (exact) mass is 239 g/mol. The molecule has 0 saturated heterocycles. The molecule has 7 heteroatoms. The molecule has 2 N–H and O–H groups in total. The number of hydrogen-bond donors (Lipinski definition) is 1. The quantitative estimate of drug-likeness (QED) is 0.861. The molecular formula is C8H5ClF3NO2. The Kier molecular flexibility index (Phi) is 3.09. The van der Waals surface area contributed by atoms with Crippen LogP contribution in [-0.4, -0.2) is 12.3 Å². The first-order valence-electron chi connectivity index (χ1n) is 3.65. The number of halogens is 4. The number of benzene rings is 1. The van der Waals surface area contributed by atoms with E-state index in [0.717, 1.165) is 12.1 Å². The number of alkyl halides is 3. The molecule has 82 valence electrons. The molecule has 1 aromatic carbocycles. The van der Waals surface area contributed by atoms with Gasteiger partial charge in [-0.2, -0.15) is 0 Å². The smallest absolute Gasteiger partial charge is 0.405 e. The predicted molar refractivity (Wildman–Crippen MR) is 46.7 cm³/mol. The highest BCUT2D eigenvalue weighted by Gasteiger charge is 2.32. The predicted octanol–water partition coefficient (Wildman–Crippen LogP) is 2.34. The van der Waals surface area contributed by atoms with E-state index in [1.807, 2.05) is 0 Å². The Labute approximate surface area is 87.6 Å². The van der Waals surface area contributed by atoms with E-state index in [1.165, 1.54) is 6.07 Å². The third-order valence-electron chi connectivity index (χ3n) is 1.43. The standard InChI is InChI=1S/C8H5ClF3NO2/c9-4-1-2-5(7(13)14)6(3-4)15-8(10,11)12/h1-3H,(H2,13,14). The Balaban J connectivity index is 3.13. The SMILES string of the molecule is NC(=O)c1ccc(Cl)cc1OC(F)(F)F. The number of hydrogen-bond acceptors (Lipinski definition) is 2. The van der Waals surface area contributed by atoms with Gasteiger partial charge in [0.2, 0.25) is 0 Å². The molecule has 0 aliphatic rings. The van der Waals surface area contributed by atoms with Gasteiger partial charge in [0.15, 0.2) is 0 Å². The molecular weight excluding hydrogens is 235 g/mol. The van der Waals surface area contributed by atoms with Crippen molar-refractivity contribution in [1.82, 2.24) is 0 Å². The van der Waals surface area contributed by atoms with Gasteiger partial charge in [0.25, 0.3) is 5.91 Å². The Morgan fingerprint density at radius 2 is 2.00 bits per heavy atom. The minimum atomic E-state index is -4.89. The minimum Gasteiger partial charge on any atom is -0.405 e. The Hall–Kier alpha value is -1.43. The number of carbonyl (C=O) groups excluding carboxylic acids is 1. The van der Waals surface area contributed by atoms with Gasteiger partial charge < -0.3 is 10.5 Å². The topological polar surface area (TPSA) is 52.3 Å². The van der Waals surface area contributed by atoms with Crippen LogP contribution >= 0.6 is 11.6 Å². The van der Waals surface area contributed by atoms with Gasteiger partial charge in [-0.15, -0.1) is 13.2 Å². The van der Waals surface area contributed by atoms with E-state index in [2.05, 4.69) is 4.74 Å². The summed E-state index contributed by atoms with van der Waals surface area (Å²) in [7, 11) is 0. The lowest BCUT2D eigenvalue weighted by molar-refractivity contribution is -0.274. The highest BCUT2D eigenvalue weighted by atomic mass is 35.5. The summed E-state index contributed by atoms with van der Waals surface area (Å²) in [6.45, 7) is 0. The van der Waals surface area contributed by atoms with Crippen LogP contribution in [0.25, 0.3) is 0 Å². The summed E-state index contributed by atoms with van der Waals surface area (Å²) in [6.07, 6.45) is -4.89. The molecule has 0 aliphatic carbocycles. The molecule has 15 heavy (non-hydrogen) atoms. The highest BCUT2D eigenvalue weighted by molar-refractivity contribution is 6.30. The van der Waals surface area contributed by atoms with Crippen LogP contribution in [0.15, 0.2) is 18.2 Å². The first kappa shape index (κ1) is 11.6. The normalized spacial score (nSPS) is 11.2. The average Bonchev–Trinajstić information content (AvgIpc) is 1.99. The van der Waals surface area contributed by atoms with Crippen LogP contribution in [0, 0.1) is 0 Å². The van der Waals surface area contributed by atoms with Crippen LogP contribution in [0.4, 0.5) is 13.2 Å². The molecule has 0 aliphatic heterocycles. The summed E-state index contributed by atoms with van der Waals surface area (Å²) in [6, 6.07) is 3.17. The van der Waals surface area contributed by atoms with Crippen LogP contribution in [0.2, 0.25) is 5.02 Å². The van der Waals surface area contributed by atoms with Crippen LogP contribution in [0.1, 0.15) is 10.4 Å². The van der Waals surface area contributed by atoms with Gasteiger partial charge in [-0.3, -0.25) is 4.79 Å². The maximum Gasteiger partial charge on any atom is 0.573 e. The largest absolute Gasteiger partial charge is 0.573 e. The molecule has 0 fully saturated rings. The van der Waals surface area contributed by atoms with Crippen molar-refractivity contribution >= 4 is 17.5 Å². The molecule has 0 heterocycles. The number of nitrogens with two attached hydrogens (primary N) is 1. The van der Waals surface area contributed by atoms with E-state index >= 15 is 0 Å². The first-order chi connectivity index (χ1) is 6.79. The lowest BCUT2D eigenvalue weighted by Crippen LogP contribution is -2.20. The number of primary amides is 1. The molecule has 0 unspecified atom stereocenters. The van der Waals surface area contributed by atoms with E-state index in [0.29, 0.717) is 0 Å². The second kappa shape index (κ2) is 3.98. The van der Waals surface area contributed by atoms with Crippen LogP contribution in [0.5, 0.6) is 5.75 Å². The summed E-state index contributed by atoms with van der Waals surface area (Å²) in [4.78, 5) is 10.8. The molecule has 0 spiro atoms. The molecule has 1 rings (SSSR count). The maximum atomic E-state index is 11.9. The molecule has 0 atom stereocenters. The van der Waals surface area contributed by atoms with Gasteiger partial charge in [0.1, 0.15) is 5.75 Å². The van der Waals surface area contributed by atoms with Crippen molar-refractivity contribution < 1.29 is 22.7 Å². The van der Waals surface area contributed by atoms with Gasteiger partial charge in [0.05, 0.1) is 5.56 Å². The molecule has 3 nitrogen and oxygen atoms in total. The van der Waals surface area contributed by atoms with Crippen LogP contribution in [0.3, 0.4) is 0 Å². The van der Waals surface area contributed by atoms with Gasteiger partial charge in [-0.05, 0) is 18.2 Å². The Bertz CT molecular complexity index is 392. The van der Waals surface area contributed by atoms with E-state index in [9.17, 15) is 18.0 Å². The zero-order chi connectivity index (χ0) is 11.6. The van der Waals surface area contributed by atoms with E-state index in [1.54, 1.807) is 0 Å². The summed E-state index contributed by atoms with van der Waals surface area (Å²) in [5.74, 6) is -1.73. The summed E-state index contributed by atoms with van der Waals surface area (Å²) >= 11 is 5.45. The number of ether oxygens (including phenoxy) is 1. The van der Waals surface area contributed by atoms with Crippen molar-refractivity contribution in [2.45, 2.75) is 6.36 Å². The van der Waals surface area contributed by atoms with Crippen LogP contribution < -0.4 is 10.5 Å². The third kappa shape index (κ3) is 3.32. The Morgan fingerprint density at radius 1 is 1.40 bits per heavy atom. The highest BCUT2D eigenvalue weighted by Crippen LogP contribution is 2.28. The fourth-order valence-electron chi connectivity index (χ4n) is 0.909. The van der Waals surface area contributed by atoms with Crippen molar-refractivity contribution in [3.8, 4) is 5.75 Å². The third-order valence-corrected chi connectivity index (χ3v) is 1.67. The average molecular weight is 240 g/mol. The van der Waals surface area contributed by atoms with E-state index < -0.39 is 18.0 Å². The summed E-state index contributed by atoms with van der Waals surface area (Å²) in [5, 5.41) is 0.0132. The zero-order valence-electron chi connectivity index (χ0n) is 7.14. The molecule has 0 bridgehead atoms. The molecule has 0 saturated carbocycles. The number of rotatable bonds is 2. The van der Waals surface area contributed by atoms with Gasteiger partial charge in [-0.25, -0.2) is 0 Å². The molecule has 1 amide bonds. The van der Waals surface area contributed by atoms with Gasteiger partial charge in [0, 0.05) is 5.02 Å². The summed E-state index contributed by atoms with van der Waals surface area (Å²) in [5.41, 5.74) is 4.48. The number of carbonyl (C=O) groups is 1. The van der Waals surface area contributed by atoms with Crippen molar-refractivity contribution in [1.29, 1.82) is 0 Å². The summed E-state index contributed by atoms with van der Waals surface area (Å²) < 4.78 is 39.3. The Morgan fingerprint density at radius 3 is 2.47 bits per heavy atom.